The van der Waals surface area contributed by atoms with Crippen LogP contribution in [0.5, 0.6) is 0 Å². The molecule has 0 unspecified atom stereocenters. The fourth-order valence-electron chi connectivity index (χ4n) is 0.367. The van der Waals surface area contributed by atoms with E-state index in [-0.39, 0.29) is 5.57 Å². The first-order valence-electron chi connectivity index (χ1n) is 3.54. The van der Waals surface area contributed by atoms with Crippen LogP contribution in [-0.2, 0) is 4.79 Å². The summed E-state index contributed by atoms with van der Waals surface area (Å²) >= 11 is 5.52. The van der Waals surface area contributed by atoms with Gasteiger partial charge in [-0.3, -0.25) is 0 Å². The quantitative estimate of drug-likeness (QED) is 0.703. The van der Waals surface area contributed by atoms with Crippen LogP contribution in [0.1, 0.15) is 6.92 Å². The first-order chi connectivity index (χ1) is 6.04. The zero-order valence-electron chi connectivity index (χ0n) is 7.25. The molecule has 1 N–H and O–H groups in total. The Labute approximate surface area is 82.5 Å². The maximum atomic E-state index is 9.60. The molecule has 1 rings (SSSR count). The van der Waals surface area contributed by atoms with E-state index < -0.39 is 5.97 Å². The molecule has 0 spiro atoms. The molecule has 1 radical (unpaired) electrons. The van der Waals surface area contributed by atoms with Gasteiger partial charge < -0.3 is 5.11 Å². The van der Waals surface area contributed by atoms with Crippen molar-refractivity contribution >= 4 is 17.6 Å². The van der Waals surface area contributed by atoms with Gasteiger partial charge in [-0.25, -0.2) is 4.79 Å². The third-order valence-corrected chi connectivity index (χ3v) is 1.29. The highest BCUT2D eigenvalue weighted by atomic mass is 35.5. The number of carboxylic acid groups (broad SMARTS) is 1. The molecule has 0 fully saturated rings. The molecule has 2 nitrogen and oxygen atoms in total. The van der Waals surface area contributed by atoms with Crippen LogP contribution in [0, 0.1) is 6.07 Å². The average Bonchev–Trinajstić information content (AvgIpc) is 2.06. The zero-order valence-corrected chi connectivity index (χ0v) is 8.01. The monoisotopic (exact) mass is 197 g/mol. The summed E-state index contributed by atoms with van der Waals surface area (Å²) in [4.78, 5) is 9.60. The lowest BCUT2D eigenvalue weighted by molar-refractivity contribution is -0.132. The van der Waals surface area contributed by atoms with Gasteiger partial charge >= 0.3 is 5.97 Å². The topological polar surface area (TPSA) is 37.3 Å². The smallest absolute Gasteiger partial charge is 0.330 e. The van der Waals surface area contributed by atoms with E-state index in [0.717, 1.165) is 5.02 Å². The van der Waals surface area contributed by atoms with Crippen molar-refractivity contribution in [2.24, 2.45) is 0 Å². The fraction of sp³-hybridized carbons (Fsp3) is 0.100. The first-order valence-corrected chi connectivity index (χ1v) is 3.92. The largest absolute Gasteiger partial charge is 0.478 e. The fourth-order valence-corrected chi connectivity index (χ4v) is 0.493. The van der Waals surface area contributed by atoms with Crippen LogP contribution in [0.4, 0.5) is 0 Å². The van der Waals surface area contributed by atoms with Gasteiger partial charge in [0.2, 0.25) is 0 Å². The van der Waals surface area contributed by atoms with Crippen molar-refractivity contribution in [1.29, 1.82) is 0 Å². The lowest BCUT2D eigenvalue weighted by Gasteiger charge is -1.79. The molecule has 0 saturated carbocycles. The van der Waals surface area contributed by atoms with Crippen molar-refractivity contribution in [3.63, 3.8) is 0 Å². The summed E-state index contributed by atoms with van der Waals surface area (Å²) in [6, 6.07) is 10.00. The Morgan fingerprint density at radius 1 is 1.54 bits per heavy atom. The van der Waals surface area contributed by atoms with Crippen molar-refractivity contribution in [1.82, 2.24) is 0 Å². The third-order valence-electron chi connectivity index (χ3n) is 1.04. The number of rotatable bonds is 1. The van der Waals surface area contributed by atoms with E-state index in [4.69, 9.17) is 16.7 Å². The molecule has 69 valence electrons. The van der Waals surface area contributed by atoms with E-state index in [1.54, 1.807) is 24.3 Å². The molecular formula is C10H10ClO2. The van der Waals surface area contributed by atoms with Crippen molar-refractivity contribution < 1.29 is 9.90 Å². The third kappa shape index (κ3) is 7.09. The van der Waals surface area contributed by atoms with E-state index in [1.807, 2.05) is 0 Å². The van der Waals surface area contributed by atoms with Gasteiger partial charge in [0.15, 0.2) is 0 Å². The lowest BCUT2D eigenvalue weighted by Crippen LogP contribution is -1.92. The number of carboxylic acids is 1. The number of hydrogen-bond acceptors (Lipinski definition) is 1. The summed E-state index contributed by atoms with van der Waals surface area (Å²) in [5.41, 5.74) is 0.176. The van der Waals surface area contributed by atoms with E-state index in [2.05, 4.69) is 12.6 Å². The van der Waals surface area contributed by atoms with Crippen LogP contribution in [0.15, 0.2) is 36.4 Å². The molecule has 13 heavy (non-hydrogen) atoms. The molecule has 0 amide bonds. The van der Waals surface area contributed by atoms with Crippen LogP contribution < -0.4 is 0 Å². The minimum absolute atomic E-state index is 0.176. The van der Waals surface area contributed by atoms with Gasteiger partial charge in [-0.1, -0.05) is 30.3 Å². The Morgan fingerprint density at radius 3 is 2.08 bits per heavy atom. The van der Waals surface area contributed by atoms with Crippen LogP contribution in [0.2, 0.25) is 5.02 Å². The van der Waals surface area contributed by atoms with E-state index in [1.165, 1.54) is 6.92 Å². The minimum Gasteiger partial charge on any atom is -0.478 e. The second-order valence-electron chi connectivity index (χ2n) is 2.30. The van der Waals surface area contributed by atoms with E-state index >= 15 is 0 Å². The number of hydrogen-bond donors (Lipinski definition) is 1. The van der Waals surface area contributed by atoms with Crippen molar-refractivity contribution in [3.8, 4) is 0 Å². The first kappa shape index (κ1) is 11.7. The molecule has 1 aromatic carbocycles. The Kier molecular flexibility index (Phi) is 5.64. The molecule has 0 aromatic heterocycles. The average molecular weight is 198 g/mol. The van der Waals surface area contributed by atoms with Crippen molar-refractivity contribution in [3.05, 3.63) is 47.5 Å². The minimum atomic E-state index is -0.935. The maximum absolute atomic E-state index is 9.60. The van der Waals surface area contributed by atoms with E-state index in [9.17, 15) is 4.79 Å². The highest BCUT2D eigenvalue weighted by Crippen LogP contribution is 2.03. The number of benzene rings is 1. The summed E-state index contributed by atoms with van der Waals surface area (Å²) in [5.74, 6) is -0.935. The van der Waals surface area contributed by atoms with Crippen molar-refractivity contribution in [2.75, 3.05) is 0 Å². The summed E-state index contributed by atoms with van der Waals surface area (Å²) in [6.07, 6.45) is 0. The standard InChI is InChI=1S/C6H4Cl.C4H6O2/c7-6-4-2-1-3-5-6;1-3(2)4(5)6/h2-5H;1H2,2H3,(H,5,6). The molecule has 3 heteroatoms. The Hall–Kier alpha value is -1.28. The predicted molar refractivity (Wildman–Crippen MR) is 52.7 cm³/mol. The molecule has 0 bridgehead atoms. The molecular weight excluding hydrogens is 188 g/mol. The van der Waals surface area contributed by atoms with Gasteiger partial charge in [0.05, 0.1) is 0 Å². The van der Waals surface area contributed by atoms with E-state index in [0.29, 0.717) is 0 Å². The lowest BCUT2D eigenvalue weighted by atomic mass is 10.4. The van der Waals surface area contributed by atoms with Crippen LogP contribution >= 0.6 is 11.6 Å². The SMILES string of the molecule is C=C(C)C(=O)O.Clc1cc[c]cc1. The molecule has 0 atom stereocenters. The number of aliphatic carboxylic acids is 1. The molecule has 0 aliphatic carbocycles. The number of carbonyl (C=O) groups is 1. The summed E-state index contributed by atoms with van der Waals surface area (Å²) in [6.45, 7) is 4.60. The molecule has 0 heterocycles. The van der Waals surface area contributed by atoms with Crippen LogP contribution in [0.3, 0.4) is 0 Å². The van der Waals surface area contributed by atoms with Crippen LogP contribution in [0.25, 0.3) is 0 Å². The summed E-state index contributed by atoms with van der Waals surface area (Å²) < 4.78 is 0. The van der Waals surface area contributed by atoms with Crippen LogP contribution in [-0.4, -0.2) is 11.1 Å². The predicted octanol–water partition coefficient (Wildman–Crippen LogP) is 2.79. The Balaban J connectivity index is 0.000000226. The van der Waals surface area contributed by atoms with Gasteiger partial charge in [-0.2, -0.15) is 0 Å². The van der Waals surface area contributed by atoms with Gasteiger partial charge in [-0.05, 0) is 25.1 Å². The van der Waals surface area contributed by atoms with Gasteiger partial charge in [0.25, 0.3) is 0 Å². The normalized spacial score (nSPS) is 8.15. The van der Waals surface area contributed by atoms with Crippen molar-refractivity contribution in [2.45, 2.75) is 6.92 Å². The Morgan fingerprint density at radius 2 is 1.92 bits per heavy atom. The highest BCUT2D eigenvalue weighted by molar-refractivity contribution is 6.30. The summed E-state index contributed by atoms with van der Waals surface area (Å²) in [5, 5.41) is 8.65. The molecule has 1 aromatic rings. The van der Waals surface area contributed by atoms with Gasteiger partial charge in [0.1, 0.15) is 0 Å². The summed E-state index contributed by atoms with van der Waals surface area (Å²) in [7, 11) is 0. The number of halogens is 1. The van der Waals surface area contributed by atoms with Gasteiger partial charge in [-0.15, -0.1) is 0 Å². The second kappa shape index (κ2) is 6.26. The molecule has 0 saturated heterocycles. The highest BCUT2D eigenvalue weighted by Gasteiger charge is 1.90. The maximum Gasteiger partial charge on any atom is 0.330 e. The van der Waals surface area contributed by atoms with Gasteiger partial charge in [0, 0.05) is 10.6 Å². The molecule has 0 aliphatic heterocycles. The Bertz CT molecular complexity index is 268. The second-order valence-corrected chi connectivity index (χ2v) is 2.74. The molecule has 0 aliphatic rings. The zero-order chi connectivity index (χ0) is 10.3.